The van der Waals surface area contributed by atoms with E-state index >= 15 is 0 Å². The molecule has 0 aromatic heterocycles. The summed E-state index contributed by atoms with van der Waals surface area (Å²) < 4.78 is 19.8. The molecule has 104 valence electrons. The minimum atomic E-state index is -0.533. The first kappa shape index (κ1) is 13.8. The number of carbonyl (C=O) groups excluding carboxylic acids is 1. The van der Waals surface area contributed by atoms with Gasteiger partial charge in [-0.25, -0.2) is 4.39 Å². The average molecular weight is 346 g/mol. The molecule has 5 heteroatoms. The van der Waals surface area contributed by atoms with Crippen molar-refractivity contribution in [2.24, 2.45) is 0 Å². The van der Waals surface area contributed by atoms with Crippen LogP contribution in [0.15, 0.2) is 34.8 Å². The predicted octanol–water partition coefficient (Wildman–Crippen LogP) is 4.38. The minimum absolute atomic E-state index is 0.0688. The Morgan fingerprint density at radius 1 is 1.24 bits per heavy atom. The number of Topliss-reactive ketones (excluding diaryl/α,β-unsaturated/α-hetero) is 1. The number of hydrogen-bond acceptors (Lipinski definition) is 3. The van der Waals surface area contributed by atoms with Gasteiger partial charge in [0.25, 0.3) is 0 Å². The fourth-order valence-corrected chi connectivity index (χ4v) is 3.01. The first-order valence-corrected chi connectivity index (χ1v) is 7.11. The third kappa shape index (κ3) is 2.55. The van der Waals surface area contributed by atoms with Crippen LogP contribution in [-0.2, 0) is 6.42 Å². The molecule has 21 heavy (non-hydrogen) atoms. The van der Waals surface area contributed by atoms with Gasteiger partial charge < -0.3 is 4.74 Å². The second kappa shape index (κ2) is 5.30. The normalized spacial score (nSPS) is 12.9. The maximum absolute atomic E-state index is 13.4. The van der Waals surface area contributed by atoms with Crippen molar-refractivity contribution in [1.29, 1.82) is 5.26 Å². The lowest BCUT2D eigenvalue weighted by molar-refractivity contribution is 0.0994. The Kier molecular flexibility index (Phi) is 3.48. The van der Waals surface area contributed by atoms with Crippen LogP contribution in [0, 0.1) is 17.1 Å². The third-order valence-electron chi connectivity index (χ3n) is 3.33. The lowest BCUT2D eigenvalue weighted by Crippen LogP contribution is -1.96. The summed E-state index contributed by atoms with van der Waals surface area (Å²) in [5, 5.41) is 8.86. The zero-order valence-electron chi connectivity index (χ0n) is 10.8. The molecule has 0 amide bonds. The highest BCUT2D eigenvalue weighted by atomic mass is 79.9. The Balaban J connectivity index is 2.03. The number of fused-ring (bicyclic) bond motifs is 1. The van der Waals surface area contributed by atoms with Crippen molar-refractivity contribution in [3.05, 3.63) is 57.3 Å². The minimum Gasteiger partial charge on any atom is -0.457 e. The summed E-state index contributed by atoms with van der Waals surface area (Å²) in [4.78, 5) is 11.9. The lowest BCUT2D eigenvalue weighted by atomic mass is 10.1. The highest BCUT2D eigenvalue weighted by Gasteiger charge is 2.26. The van der Waals surface area contributed by atoms with Crippen molar-refractivity contribution in [2.75, 3.05) is 0 Å². The quantitative estimate of drug-likeness (QED) is 0.811. The molecule has 0 spiro atoms. The lowest BCUT2D eigenvalue weighted by Gasteiger charge is -2.11. The van der Waals surface area contributed by atoms with Crippen molar-refractivity contribution in [3.63, 3.8) is 0 Å². The SMILES string of the molecule is N#Cc1cc(F)cc(Oc2ccc(Br)c3c2CCC3=O)c1. The first-order valence-electron chi connectivity index (χ1n) is 6.31. The number of hydrogen-bond donors (Lipinski definition) is 0. The molecule has 0 aliphatic heterocycles. The molecule has 1 aliphatic carbocycles. The Morgan fingerprint density at radius 2 is 2.05 bits per heavy atom. The summed E-state index contributed by atoms with van der Waals surface area (Å²) in [6.45, 7) is 0. The van der Waals surface area contributed by atoms with Gasteiger partial charge in [0.2, 0.25) is 0 Å². The zero-order chi connectivity index (χ0) is 15.0. The molecule has 0 saturated heterocycles. The first-order chi connectivity index (χ1) is 10.1. The maximum Gasteiger partial charge on any atom is 0.164 e. The number of benzene rings is 2. The van der Waals surface area contributed by atoms with E-state index in [0.717, 1.165) is 16.1 Å². The van der Waals surface area contributed by atoms with Crippen LogP contribution in [0.3, 0.4) is 0 Å². The van der Waals surface area contributed by atoms with Crippen LogP contribution in [0.2, 0.25) is 0 Å². The molecule has 0 unspecified atom stereocenters. The number of ether oxygens (including phenoxy) is 1. The standard InChI is InChI=1S/C16H9BrFNO2/c17-13-2-4-15(12-1-3-14(20)16(12)13)21-11-6-9(8-19)5-10(18)7-11/h2,4-7H,1,3H2. The van der Waals surface area contributed by atoms with E-state index < -0.39 is 5.82 Å². The van der Waals surface area contributed by atoms with Crippen LogP contribution >= 0.6 is 15.9 Å². The summed E-state index contributed by atoms with van der Waals surface area (Å²) in [7, 11) is 0. The van der Waals surface area contributed by atoms with E-state index in [9.17, 15) is 9.18 Å². The number of nitriles is 1. The van der Waals surface area contributed by atoms with Crippen molar-refractivity contribution in [1.82, 2.24) is 0 Å². The van der Waals surface area contributed by atoms with Gasteiger partial charge in [-0.1, -0.05) is 15.9 Å². The molecule has 1 aliphatic rings. The maximum atomic E-state index is 13.4. The molecule has 3 rings (SSSR count). The topological polar surface area (TPSA) is 50.1 Å². The third-order valence-corrected chi connectivity index (χ3v) is 3.99. The van der Waals surface area contributed by atoms with Crippen LogP contribution in [0.5, 0.6) is 11.5 Å². The second-order valence-corrected chi connectivity index (χ2v) is 5.57. The van der Waals surface area contributed by atoms with Gasteiger partial charge in [0.1, 0.15) is 17.3 Å². The van der Waals surface area contributed by atoms with E-state index in [1.54, 1.807) is 12.1 Å². The van der Waals surface area contributed by atoms with E-state index in [1.165, 1.54) is 12.1 Å². The monoisotopic (exact) mass is 345 g/mol. The van der Waals surface area contributed by atoms with E-state index in [2.05, 4.69) is 15.9 Å². The van der Waals surface area contributed by atoms with Crippen LogP contribution in [0.4, 0.5) is 4.39 Å². The van der Waals surface area contributed by atoms with E-state index in [-0.39, 0.29) is 17.1 Å². The molecule has 2 aromatic carbocycles. The van der Waals surface area contributed by atoms with Gasteiger partial charge in [0, 0.05) is 28.1 Å². The Morgan fingerprint density at radius 3 is 2.81 bits per heavy atom. The molecule has 0 fully saturated rings. The number of rotatable bonds is 2. The van der Waals surface area contributed by atoms with Crippen molar-refractivity contribution in [2.45, 2.75) is 12.8 Å². The van der Waals surface area contributed by atoms with Gasteiger partial charge in [0.15, 0.2) is 5.78 Å². The number of nitrogens with zero attached hydrogens (tertiary/aromatic N) is 1. The predicted molar refractivity (Wildman–Crippen MR) is 78.0 cm³/mol. The van der Waals surface area contributed by atoms with Gasteiger partial charge in [-0.05, 0) is 30.7 Å². The van der Waals surface area contributed by atoms with Crippen LogP contribution in [0.1, 0.15) is 27.9 Å². The molecule has 0 N–H and O–H groups in total. The molecule has 0 atom stereocenters. The molecule has 0 saturated carbocycles. The number of halogens is 2. The Hall–Kier alpha value is -2.19. The van der Waals surface area contributed by atoms with Gasteiger partial charge in [-0.3, -0.25) is 4.79 Å². The number of carbonyl (C=O) groups is 1. The molecule has 0 heterocycles. The Labute approximate surface area is 129 Å². The van der Waals surface area contributed by atoms with Crippen LogP contribution < -0.4 is 4.74 Å². The molecule has 3 nitrogen and oxygen atoms in total. The molecule has 0 bridgehead atoms. The van der Waals surface area contributed by atoms with Gasteiger partial charge >= 0.3 is 0 Å². The smallest absolute Gasteiger partial charge is 0.164 e. The summed E-state index contributed by atoms with van der Waals surface area (Å²) >= 11 is 3.36. The molecular formula is C16H9BrFNO2. The highest BCUT2D eigenvalue weighted by molar-refractivity contribution is 9.10. The van der Waals surface area contributed by atoms with Gasteiger partial charge in [0.05, 0.1) is 11.6 Å². The van der Waals surface area contributed by atoms with Gasteiger partial charge in [-0.2, -0.15) is 5.26 Å². The van der Waals surface area contributed by atoms with E-state index in [4.69, 9.17) is 10.00 Å². The van der Waals surface area contributed by atoms with Crippen LogP contribution in [0.25, 0.3) is 0 Å². The van der Waals surface area contributed by atoms with Crippen LogP contribution in [-0.4, -0.2) is 5.78 Å². The second-order valence-electron chi connectivity index (χ2n) is 4.71. The molecular weight excluding hydrogens is 337 g/mol. The number of ketones is 1. The fraction of sp³-hybridized carbons (Fsp3) is 0.125. The molecule has 2 aromatic rings. The van der Waals surface area contributed by atoms with Crippen molar-refractivity contribution >= 4 is 21.7 Å². The average Bonchev–Trinajstić information content (AvgIpc) is 2.84. The highest BCUT2D eigenvalue weighted by Crippen LogP contribution is 2.37. The zero-order valence-corrected chi connectivity index (χ0v) is 12.4. The van der Waals surface area contributed by atoms with Gasteiger partial charge in [-0.15, -0.1) is 0 Å². The van der Waals surface area contributed by atoms with Crippen molar-refractivity contribution in [3.8, 4) is 17.6 Å². The summed E-state index contributed by atoms with van der Waals surface area (Å²) in [5.41, 5.74) is 1.64. The van der Waals surface area contributed by atoms with E-state index in [0.29, 0.717) is 24.2 Å². The summed E-state index contributed by atoms with van der Waals surface area (Å²) in [5.74, 6) is 0.303. The van der Waals surface area contributed by atoms with Crippen molar-refractivity contribution < 1.29 is 13.9 Å². The molecule has 0 radical (unpaired) electrons. The largest absolute Gasteiger partial charge is 0.457 e. The summed E-state index contributed by atoms with van der Waals surface area (Å²) in [6.07, 6.45) is 1.05. The fourth-order valence-electron chi connectivity index (χ4n) is 2.42. The summed E-state index contributed by atoms with van der Waals surface area (Å²) in [6, 6.07) is 9.18. The van der Waals surface area contributed by atoms with E-state index in [1.807, 2.05) is 6.07 Å². The Bertz CT molecular complexity index is 796.